The molecule has 0 saturated carbocycles. The molecule has 0 aliphatic heterocycles. The van der Waals surface area contributed by atoms with Crippen LogP contribution in [0.25, 0.3) is 0 Å². The lowest BCUT2D eigenvalue weighted by Gasteiger charge is -2.09. The Morgan fingerprint density at radius 1 is 1.04 bits per heavy atom. The van der Waals surface area contributed by atoms with E-state index in [0.717, 1.165) is 5.56 Å². The molecule has 0 heterocycles. The first kappa shape index (κ1) is 19.1. The molecule has 2 aromatic carbocycles. The van der Waals surface area contributed by atoms with Crippen molar-refractivity contribution in [1.29, 1.82) is 0 Å². The van der Waals surface area contributed by atoms with Crippen molar-refractivity contribution in [3.8, 4) is 5.75 Å². The topological polar surface area (TPSA) is 60.4 Å². The minimum atomic E-state index is -3.58. The van der Waals surface area contributed by atoms with E-state index in [1.807, 2.05) is 6.92 Å². The lowest BCUT2D eigenvalue weighted by atomic mass is 10.2. The van der Waals surface area contributed by atoms with Gasteiger partial charge in [-0.15, -0.1) is 0 Å². The van der Waals surface area contributed by atoms with Gasteiger partial charge in [0.2, 0.25) is 0 Å². The van der Waals surface area contributed by atoms with Crippen LogP contribution in [0.1, 0.15) is 12.0 Å². The fourth-order valence-corrected chi connectivity index (χ4v) is 3.99. The van der Waals surface area contributed by atoms with Crippen LogP contribution < -0.4 is 4.74 Å². The number of carbonyl (C=O) groups is 1. The summed E-state index contributed by atoms with van der Waals surface area (Å²) < 4.78 is 29.5. The molecule has 2 rings (SSSR count). The number of benzene rings is 2. The average Bonchev–Trinajstić information content (AvgIpc) is 2.49. The summed E-state index contributed by atoms with van der Waals surface area (Å²) in [5.74, 6) is -1.17. The molecule has 0 atom stereocenters. The minimum Gasteiger partial charge on any atom is -0.423 e. The molecule has 0 saturated heterocycles. The molecule has 0 N–H and O–H groups in total. The molecule has 0 amide bonds. The number of sulfone groups is 1. The highest BCUT2D eigenvalue weighted by Gasteiger charge is 2.19. The standard InChI is InChI=1S/C16H13Cl3O4S/c1-10-2-4-12(5-3-10)24(21,22)7-6-15(20)23-16-13(18)8-11(17)9-14(16)19/h2-5,8-9H,6-7H2,1H3. The molecule has 2 aromatic rings. The minimum absolute atomic E-state index is 0.0412. The number of esters is 1. The summed E-state index contributed by atoms with van der Waals surface area (Å²) in [4.78, 5) is 12.1. The molecular weight excluding hydrogens is 395 g/mol. The third-order valence-electron chi connectivity index (χ3n) is 3.13. The van der Waals surface area contributed by atoms with Crippen molar-refractivity contribution >= 4 is 50.6 Å². The molecule has 128 valence electrons. The molecule has 4 nitrogen and oxygen atoms in total. The third kappa shape index (κ3) is 4.86. The van der Waals surface area contributed by atoms with Crippen LogP contribution >= 0.6 is 34.8 Å². The van der Waals surface area contributed by atoms with Crippen LogP contribution in [0.4, 0.5) is 0 Å². The van der Waals surface area contributed by atoms with E-state index < -0.39 is 15.8 Å². The van der Waals surface area contributed by atoms with Crippen LogP contribution in [0.15, 0.2) is 41.3 Å². The third-order valence-corrected chi connectivity index (χ3v) is 5.65. The van der Waals surface area contributed by atoms with E-state index in [2.05, 4.69) is 0 Å². The number of hydrogen-bond donors (Lipinski definition) is 0. The molecule has 0 fully saturated rings. The van der Waals surface area contributed by atoms with E-state index >= 15 is 0 Å². The Morgan fingerprint density at radius 2 is 1.58 bits per heavy atom. The first-order valence-electron chi connectivity index (χ1n) is 6.84. The van der Waals surface area contributed by atoms with E-state index in [1.54, 1.807) is 12.1 Å². The van der Waals surface area contributed by atoms with Gasteiger partial charge < -0.3 is 4.74 Å². The maximum absolute atomic E-state index is 12.2. The van der Waals surface area contributed by atoms with Gasteiger partial charge in [-0.05, 0) is 31.2 Å². The summed E-state index contributed by atoms with van der Waals surface area (Å²) in [6, 6.07) is 9.14. The van der Waals surface area contributed by atoms with Gasteiger partial charge in [0.15, 0.2) is 15.6 Å². The van der Waals surface area contributed by atoms with E-state index in [9.17, 15) is 13.2 Å². The van der Waals surface area contributed by atoms with Crippen LogP contribution in [-0.4, -0.2) is 20.1 Å². The molecule has 0 unspecified atom stereocenters. The van der Waals surface area contributed by atoms with Crippen molar-refractivity contribution in [2.24, 2.45) is 0 Å². The predicted octanol–water partition coefficient (Wildman–Crippen LogP) is 4.72. The summed E-state index contributed by atoms with van der Waals surface area (Å²) in [6.07, 6.45) is -0.328. The van der Waals surface area contributed by atoms with Crippen molar-refractivity contribution in [2.75, 3.05) is 5.75 Å². The van der Waals surface area contributed by atoms with Gasteiger partial charge in [0.05, 0.1) is 27.1 Å². The molecule has 0 radical (unpaired) electrons. The molecule has 24 heavy (non-hydrogen) atoms. The lowest BCUT2D eigenvalue weighted by molar-refractivity contribution is -0.133. The van der Waals surface area contributed by atoms with Crippen molar-refractivity contribution in [3.05, 3.63) is 57.0 Å². The van der Waals surface area contributed by atoms with Gasteiger partial charge in [0.25, 0.3) is 0 Å². The zero-order valence-corrected chi connectivity index (χ0v) is 15.6. The Hall–Kier alpha value is -1.27. The van der Waals surface area contributed by atoms with E-state index in [1.165, 1.54) is 24.3 Å². The molecule has 8 heteroatoms. The van der Waals surface area contributed by atoms with Gasteiger partial charge in [-0.1, -0.05) is 52.5 Å². The van der Waals surface area contributed by atoms with Gasteiger partial charge in [-0.3, -0.25) is 4.79 Å². The van der Waals surface area contributed by atoms with Gasteiger partial charge in [-0.25, -0.2) is 8.42 Å². The quantitative estimate of drug-likeness (QED) is 0.531. The van der Waals surface area contributed by atoms with Crippen LogP contribution in [0.5, 0.6) is 5.75 Å². The second-order valence-electron chi connectivity index (χ2n) is 5.05. The number of hydrogen-bond acceptors (Lipinski definition) is 4. The molecule has 0 aliphatic carbocycles. The maximum atomic E-state index is 12.2. The van der Waals surface area contributed by atoms with E-state index in [0.29, 0.717) is 5.02 Å². The zero-order valence-electron chi connectivity index (χ0n) is 12.6. The molecular formula is C16H13Cl3O4S. The van der Waals surface area contributed by atoms with Crippen LogP contribution in [0, 0.1) is 6.92 Å². The second kappa shape index (κ2) is 7.74. The zero-order chi connectivity index (χ0) is 17.9. The molecule has 0 spiro atoms. The summed E-state index contributed by atoms with van der Waals surface area (Å²) in [5.41, 5.74) is 0.945. The van der Waals surface area contributed by atoms with Crippen molar-refractivity contribution in [2.45, 2.75) is 18.2 Å². The number of ether oxygens (including phenoxy) is 1. The van der Waals surface area contributed by atoms with Crippen molar-refractivity contribution in [3.63, 3.8) is 0 Å². The van der Waals surface area contributed by atoms with Crippen LogP contribution in [-0.2, 0) is 14.6 Å². The first-order chi connectivity index (χ1) is 11.2. The largest absolute Gasteiger partial charge is 0.423 e. The summed E-state index contributed by atoms with van der Waals surface area (Å²) >= 11 is 17.6. The van der Waals surface area contributed by atoms with Gasteiger partial charge in [-0.2, -0.15) is 0 Å². The van der Waals surface area contributed by atoms with Crippen LogP contribution in [0.2, 0.25) is 15.1 Å². The van der Waals surface area contributed by atoms with E-state index in [4.69, 9.17) is 39.5 Å². The molecule has 0 bridgehead atoms. The highest BCUT2D eigenvalue weighted by Crippen LogP contribution is 2.36. The van der Waals surface area contributed by atoms with Crippen molar-refractivity contribution in [1.82, 2.24) is 0 Å². The fraction of sp³-hybridized carbons (Fsp3) is 0.188. The Balaban J connectivity index is 2.04. The van der Waals surface area contributed by atoms with Crippen molar-refractivity contribution < 1.29 is 17.9 Å². The maximum Gasteiger partial charge on any atom is 0.312 e. The van der Waals surface area contributed by atoms with Gasteiger partial charge in [0, 0.05) is 5.02 Å². The monoisotopic (exact) mass is 406 g/mol. The summed E-state index contributed by atoms with van der Waals surface area (Å²) in [7, 11) is -3.58. The summed E-state index contributed by atoms with van der Waals surface area (Å²) in [5, 5.41) is 0.441. The Bertz CT molecular complexity index is 838. The normalized spacial score (nSPS) is 11.3. The van der Waals surface area contributed by atoms with Gasteiger partial charge in [0.1, 0.15) is 0 Å². The fourth-order valence-electron chi connectivity index (χ4n) is 1.87. The number of rotatable bonds is 5. The SMILES string of the molecule is Cc1ccc(S(=O)(=O)CCC(=O)Oc2c(Cl)cc(Cl)cc2Cl)cc1. The number of aryl methyl sites for hydroxylation is 1. The Kier molecular flexibility index (Phi) is 6.15. The average molecular weight is 408 g/mol. The van der Waals surface area contributed by atoms with Crippen LogP contribution in [0.3, 0.4) is 0 Å². The highest BCUT2D eigenvalue weighted by molar-refractivity contribution is 7.91. The first-order valence-corrected chi connectivity index (χ1v) is 9.62. The Morgan fingerprint density at radius 3 is 2.12 bits per heavy atom. The summed E-state index contributed by atoms with van der Waals surface area (Å²) in [6.45, 7) is 1.85. The predicted molar refractivity (Wildman–Crippen MR) is 95.0 cm³/mol. The van der Waals surface area contributed by atoms with E-state index in [-0.39, 0.29) is 32.9 Å². The number of carbonyl (C=O) groups excluding carboxylic acids is 1. The van der Waals surface area contributed by atoms with Gasteiger partial charge >= 0.3 is 5.97 Å². The smallest absolute Gasteiger partial charge is 0.312 e. The lowest BCUT2D eigenvalue weighted by Crippen LogP contribution is -2.16. The molecule has 0 aromatic heterocycles. The molecule has 0 aliphatic rings. The second-order valence-corrected chi connectivity index (χ2v) is 8.41. The number of halogens is 3. The Labute approximate surface area is 155 Å². The highest BCUT2D eigenvalue weighted by atomic mass is 35.5.